The number of hydrogen-bond acceptors (Lipinski definition) is 9. The van der Waals surface area contributed by atoms with Crippen LogP contribution < -0.4 is 0 Å². The molecule has 0 spiro atoms. The first-order valence-corrected chi connectivity index (χ1v) is 13.6. The van der Waals surface area contributed by atoms with Gasteiger partial charge in [0.05, 0.1) is 26.4 Å². The van der Waals surface area contributed by atoms with Crippen LogP contribution in [0.1, 0.15) is 46.6 Å². The van der Waals surface area contributed by atoms with Gasteiger partial charge >= 0.3 is 21.2 Å². The summed E-state index contributed by atoms with van der Waals surface area (Å²) in [5, 5.41) is -1.36. The van der Waals surface area contributed by atoms with E-state index in [9.17, 15) is 13.9 Å². The molecule has 0 amide bonds. The molecule has 1 unspecified atom stereocenters. The van der Waals surface area contributed by atoms with Crippen molar-refractivity contribution in [3.63, 3.8) is 0 Å². The summed E-state index contributed by atoms with van der Waals surface area (Å²) in [5.74, 6) is -0.521. The minimum absolute atomic E-state index is 0.0473. The molecule has 1 aliphatic rings. The summed E-state index contributed by atoms with van der Waals surface area (Å²) in [5.41, 5.74) is -0.865. The van der Waals surface area contributed by atoms with Gasteiger partial charge in [0.1, 0.15) is 0 Å². The third kappa shape index (κ3) is 5.92. The Morgan fingerprint density at radius 2 is 1.35 bits per heavy atom. The maximum absolute atomic E-state index is 13.7. The Kier molecular flexibility index (Phi) is 9.19. The van der Waals surface area contributed by atoms with Gasteiger partial charge in [0.2, 0.25) is 5.90 Å². The third-order valence-electron chi connectivity index (χ3n) is 4.54. The van der Waals surface area contributed by atoms with Crippen molar-refractivity contribution in [3.05, 3.63) is 35.9 Å². The van der Waals surface area contributed by atoms with Gasteiger partial charge in [0.15, 0.2) is 10.9 Å². The Morgan fingerprint density at radius 3 is 1.77 bits per heavy atom. The summed E-state index contributed by atoms with van der Waals surface area (Å²) in [6.07, 6.45) is -0.267. The molecule has 1 atom stereocenters. The molecule has 1 aromatic rings. The molecule has 9 nitrogen and oxygen atoms in total. The fourth-order valence-corrected chi connectivity index (χ4v) is 8.84. The Hall–Kier alpha value is -1.34. The molecule has 0 radical (unpaired) electrons. The second-order valence-corrected chi connectivity index (χ2v) is 11.7. The zero-order valence-electron chi connectivity index (χ0n) is 18.6. The van der Waals surface area contributed by atoms with E-state index in [4.69, 9.17) is 22.8 Å². The number of carbonyl (C=O) groups is 1. The van der Waals surface area contributed by atoms with Crippen LogP contribution in [0.2, 0.25) is 0 Å². The molecule has 2 rings (SSSR count). The first-order chi connectivity index (χ1) is 14.7. The fourth-order valence-electron chi connectivity index (χ4n) is 3.21. The van der Waals surface area contributed by atoms with Crippen molar-refractivity contribution in [2.24, 2.45) is 4.99 Å². The Morgan fingerprint density at radius 1 is 0.903 bits per heavy atom. The second kappa shape index (κ2) is 11.0. The highest BCUT2D eigenvalue weighted by Crippen LogP contribution is 2.72. The van der Waals surface area contributed by atoms with Crippen LogP contribution >= 0.6 is 15.2 Å². The molecule has 1 heterocycles. The van der Waals surface area contributed by atoms with Crippen molar-refractivity contribution in [3.8, 4) is 0 Å². The van der Waals surface area contributed by atoms with Gasteiger partial charge in [-0.1, -0.05) is 18.2 Å². The van der Waals surface area contributed by atoms with Crippen LogP contribution in [-0.2, 0) is 36.8 Å². The van der Waals surface area contributed by atoms with Gasteiger partial charge in [0.25, 0.3) is 0 Å². The van der Waals surface area contributed by atoms with E-state index in [1.165, 1.54) is 6.92 Å². The van der Waals surface area contributed by atoms with Gasteiger partial charge < -0.3 is 22.8 Å². The number of carbonyl (C=O) groups excluding carboxylic acids is 1. The number of rotatable bonds is 13. The molecule has 0 N–H and O–H groups in total. The highest BCUT2D eigenvalue weighted by atomic mass is 31.2. The molecule has 0 saturated heterocycles. The molecule has 0 saturated carbocycles. The topological polar surface area (TPSA) is 110 Å². The van der Waals surface area contributed by atoms with Gasteiger partial charge in [-0.05, 0) is 46.8 Å². The number of hydrogen-bond donors (Lipinski definition) is 0. The molecule has 0 aromatic heterocycles. The number of esters is 1. The Labute approximate surface area is 183 Å². The maximum atomic E-state index is 13.7. The van der Waals surface area contributed by atoms with Gasteiger partial charge in [-0.2, -0.15) is 0 Å². The third-order valence-corrected chi connectivity index (χ3v) is 10.5. The summed E-state index contributed by atoms with van der Waals surface area (Å²) in [6, 6.07) is 8.93. The molecule has 174 valence electrons. The minimum atomic E-state index is -4.01. The molecule has 1 aromatic carbocycles. The lowest BCUT2D eigenvalue weighted by Gasteiger charge is -2.33. The van der Waals surface area contributed by atoms with E-state index >= 15 is 0 Å². The summed E-state index contributed by atoms with van der Waals surface area (Å²) >= 11 is 0. The highest BCUT2D eigenvalue weighted by Gasteiger charge is 2.57. The number of nitrogens with zero attached hydrogens (tertiary/aromatic N) is 1. The Balaban J connectivity index is 2.53. The monoisotopic (exact) mass is 475 g/mol. The second-order valence-electron chi connectivity index (χ2n) is 6.88. The first kappa shape index (κ1) is 25.9. The lowest BCUT2D eigenvalue weighted by Crippen LogP contribution is -2.35. The number of benzene rings is 1. The predicted octanol–water partition coefficient (Wildman–Crippen LogP) is 5.00. The van der Waals surface area contributed by atoms with Crippen LogP contribution in [0.5, 0.6) is 0 Å². The zero-order valence-corrected chi connectivity index (χ0v) is 20.4. The van der Waals surface area contributed by atoms with Gasteiger partial charge in [-0.15, -0.1) is 0 Å². The van der Waals surface area contributed by atoms with Crippen LogP contribution in [0.3, 0.4) is 0 Å². The molecular formula is C20H31NO8P2. The van der Waals surface area contributed by atoms with E-state index in [-0.39, 0.29) is 38.7 Å². The SMILES string of the molecule is CCOP(=O)(OCC)C(CC1(C)N=C(c2ccccc2)OC1=O)P(=O)(OCC)OCC. The van der Waals surface area contributed by atoms with E-state index in [2.05, 4.69) is 4.99 Å². The smallest absolute Gasteiger partial charge is 0.345 e. The standard InChI is InChI=1S/C20H31NO8P2/c1-6-25-30(23,26-7-2)17(31(24,27-8-3)28-9-4)15-20(5)19(22)29-18(21-20)16-13-11-10-12-14-16/h10-14,17H,6-9,15H2,1-5H3. The molecular weight excluding hydrogens is 444 g/mol. The quantitative estimate of drug-likeness (QED) is 0.290. The van der Waals surface area contributed by atoms with E-state index in [1.54, 1.807) is 52.0 Å². The average Bonchev–Trinajstić information content (AvgIpc) is 3.02. The van der Waals surface area contributed by atoms with Crippen molar-refractivity contribution in [2.75, 3.05) is 26.4 Å². The van der Waals surface area contributed by atoms with Gasteiger partial charge in [0, 0.05) is 12.0 Å². The van der Waals surface area contributed by atoms with Crippen molar-refractivity contribution in [1.29, 1.82) is 0 Å². The average molecular weight is 475 g/mol. The summed E-state index contributed by atoms with van der Waals surface area (Å²) in [7, 11) is -8.03. The lowest BCUT2D eigenvalue weighted by molar-refractivity contribution is -0.138. The highest BCUT2D eigenvalue weighted by molar-refractivity contribution is 7.72. The lowest BCUT2D eigenvalue weighted by atomic mass is 10.0. The molecule has 1 aliphatic heterocycles. The predicted molar refractivity (Wildman–Crippen MR) is 118 cm³/mol. The molecule has 0 bridgehead atoms. The van der Waals surface area contributed by atoms with Crippen LogP contribution in [0.4, 0.5) is 0 Å². The molecule has 11 heteroatoms. The van der Waals surface area contributed by atoms with E-state index in [0.717, 1.165) is 0 Å². The summed E-state index contributed by atoms with van der Waals surface area (Å²) in [6.45, 7) is 8.30. The number of cyclic esters (lactones) is 1. The minimum Gasteiger partial charge on any atom is -0.405 e. The van der Waals surface area contributed by atoms with Gasteiger partial charge in [-0.3, -0.25) is 9.13 Å². The fraction of sp³-hybridized carbons (Fsp3) is 0.600. The van der Waals surface area contributed by atoms with Gasteiger partial charge in [-0.25, -0.2) is 9.79 Å². The molecule has 31 heavy (non-hydrogen) atoms. The summed E-state index contributed by atoms with van der Waals surface area (Å²) < 4.78 is 54.7. The number of aliphatic imine (C=N–C) groups is 1. The van der Waals surface area contributed by atoms with E-state index in [0.29, 0.717) is 5.56 Å². The Bertz CT molecular complexity index is 825. The van der Waals surface area contributed by atoms with Crippen molar-refractivity contribution >= 4 is 27.1 Å². The normalized spacial score (nSPS) is 19.5. The van der Waals surface area contributed by atoms with Crippen LogP contribution in [0.15, 0.2) is 35.3 Å². The van der Waals surface area contributed by atoms with Crippen LogP contribution in [-0.4, -0.2) is 49.2 Å². The molecule has 0 fully saturated rings. The maximum Gasteiger partial charge on any atom is 0.345 e. The van der Waals surface area contributed by atoms with Crippen LogP contribution in [0.25, 0.3) is 0 Å². The molecule has 0 aliphatic carbocycles. The van der Waals surface area contributed by atoms with Crippen molar-refractivity contribution < 1.29 is 36.8 Å². The summed E-state index contributed by atoms with van der Waals surface area (Å²) in [4.78, 5) is 17.3. The largest absolute Gasteiger partial charge is 0.405 e. The zero-order chi connectivity index (χ0) is 23.1. The number of ether oxygens (including phenoxy) is 1. The van der Waals surface area contributed by atoms with E-state index < -0.39 is 32.1 Å². The van der Waals surface area contributed by atoms with Crippen molar-refractivity contribution in [1.82, 2.24) is 0 Å². The first-order valence-electron chi connectivity index (χ1n) is 10.3. The van der Waals surface area contributed by atoms with Crippen LogP contribution in [0, 0.1) is 0 Å². The van der Waals surface area contributed by atoms with E-state index in [1.807, 2.05) is 6.07 Å². The van der Waals surface area contributed by atoms with Crippen molar-refractivity contribution in [2.45, 2.75) is 52.0 Å².